The van der Waals surface area contributed by atoms with Gasteiger partial charge < -0.3 is 9.47 Å². The molecule has 5 heteroatoms. The van der Waals surface area contributed by atoms with Gasteiger partial charge in [0.05, 0.1) is 6.26 Å². The normalized spacial score (nSPS) is 14.3. The molecule has 0 heterocycles. The minimum absolute atomic E-state index is 0.281. The second-order valence-electron chi connectivity index (χ2n) is 7.58. The molecule has 0 aliphatic rings. The van der Waals surface area contributed by atoms with Crippen LogP contribution in [-0.4, -0.2) is 23.8 Å². The number of aldehydes is 1. The molecule has 0 aromatic rings. The molecule has 0 aliphatic heterocycles. The van der Waals surface area contributed by atoms with E-state index in [1.807, 2.05) is 6.08 Å². The molecular weight excluding hydrogens is 368 g/mol. The van der Waals surface area contributed by atoms with Crippen LogP contribution in [0.15, 0.2) is 47.3 Å². The van der Waals surface area contributed by atoms with Gasteiger partial charge in [-0.05, 0) is 59.8 Å². The van der Waals surface area contributed by atoms with Crippen molar-refractivity contribution in [3.8, 4) is 0 Å². The highest BCUT2D eigenvalue weighted by atomic mass is 16.6. The summed E-state index contributed by atoms with van der Waals surface area (Å²) in [6.45, 7) is 10.9. The lowest BCUT2D eigenvalue weighted by atomic mass is 9.97. The van der Waals surface area contributed by atoms with E-state index in [9.17, 15) is 14.4 Å². The van der Waals surface area contributed by atoms with Crippen LogP contribution in [0.5, 0.6) is 0 Å². The maximum atomic E-state index is 11.6. The number of ether oxygens (including phenoxy) is 2. The Morgan fingerprint density at radius 3 is 1.83 bits per heavy atom. The van der Waals surface area contributed by atoms with Crippen molar-refractivity contribution in [1.82, 2.24) is 0 Å². The van der Waals surface area contributed by atoms with Gasteiger partial charge in [0.1, 0.15) is 0 Å². The third kappa shape index (κ3) is 14.3. The molecule has 0 amide bonds. The maximum Gasteiger partial charge on any atom is 0.307 e. The van der Waals surface area contributed by atoms with Crippen molar-refractivity contribution in [1.29, 1.82) is 0 Å². The van der Waals surface area contributed by atoms with Crippen molar-refractivity contribution in [2.75, 3.05) is 0 Å². The number of hydrogen-bond acceptors (Lipinski definition) is 5. The van der Waals surface area contributed by atoms with E-state index in [-0.39, 0.29) is 6.42 Å². The molecule has 0 spiro atoms. The summed E-state index contributed by atoms with van der Waals surface area (Å²) in [4.78, 5) is 33.9. The number of carbonyl (C=O) groups is 3. The summed E-state index contributed by atoms with van der Waals surface area (Å²) in [5.41, 5.74) is 2.52. The number of esters is 2. The average Bonchev–Trinajstić information content (AvgIpc) is 2.60. The van der Waals surface area contributed by atoms with E-state index in [1.165, 1.54) is 36.6 Å². The highest BCUT2D eigenvalue weighted by Gasteiger charge is 2.30. The van der Waals surface area contributed by atoms with Crippen LogP contribution in [0.3, 0.4) is 0 Å². The van der Waals surface area contributed by atoms with Gasteiger partial charge >= 0.3 is 11.9 Å². The summed E-state index contributed by atoms with van der Waals surface area (Å²) in [5, 5.41) is 0. The van der Waals surface area contributed by atoms with Crippen molar-refractivity contribution >= 4 is 18.2 Å². The topological polar surface area (TPSA) is 69.7 Å². The zero-order valence-corrected chi connectivity index (χ0v) is 18.7. The molecule has 0 bridgehead atoms. The quantitative estimate of drug-likeness (QED) is 0.169. The van der Waals surface area contributed by atoms with Gasteiger partial charge in [-0.2, -0.15) is 0 Å². The lowest BCUT2D eigenvalue weighted by molar-refractivity contribution is -0.156. The molecule has 162 valence electrons. The molecule has 0 aliphatic carbocycles. The van der Waals surface area contributed by atoms with Crippen LogP contribution in [0.2, 0.25) is 0 Å². The molecule has 0 saturated heterocycles. The maximum absolute atomic E-state index is 11.6. The zero-order chi connectivity index (χ0) is 22.3. The van der Waals surface area contributed by atoms with Gasteiger partial charge in [0.25, 0.3) is 0 Å². The second kappa shape index (κ2) is 14.6. The average molecular weight is 405 g/mol. The minimum atomic E-state index is -1.43. The van der Waals surface area contributed by atoms with Gasteiger partial charge in [-0.1, -0.05) is 34.9 Å². The Balaban J connectivity index is 4.71. The van der Waals surface area contributed by atoms with Crippen LogP contribution in [0.25, 0.3) is 0 Å². The van der Waals surface area contributed by atoms with Gasteiger partial charge in [0.15, 0.2) is 11.9 Å². The molecule has 0 rings (SSSR count). The zero-order valence-electron chi connectivity index (χ0n) is 18.7. The first-order valence-corrected chi connectivity index (χ1v) is 10.1. The molecule has 0 saturated carbocycles. The lowest BCUT2D eigenvalue weighted by Gasteiger charge is -2.23. The molecule has 1 atom stereocenters. The predicted octanol–water partition coefficient (Wildman–Crippen LogP) is 5.76. The predicted molar refractivity (Wildman–Crippen MR) is 116 cm³/mol. The van der Waals surface area contributed by atoms with Gasteiger partial charge in [0.2, 0.25) is 0 Å². The monoisotopic (exact) mass is 404 g/mol. The smallest absolute Gasteiger partial charge is 0.307 e. The van der Waals surface area contributed by atoms with Crippen molar-refractivity contribution < 1.29 is 23.9 Å². The van der Waals surface area contributed by atoms with Crippen LogP contribution in [0.1, 0.15) is 80.1 Å². The molecule has 0 N–H and O–H groups in total. The van der Waals surface area contributed by atoms with Crippen molar-refractivity contribution in [2.24, 2.45) is 0 Å². The van der Waals surface area contributed by atoms with Gasteiger partial charge in [-0.3, -0.25) is 14.4 Å². The molecule has 5 nitrogen and oxygen atoms in total. The van der Waals surface area contributed by atoms with Crippen molar-refractivity contribution in [3.63, 3.8) is 0 Å². The summed E-state index contributed by atoms with van der Waals surface area (Å²) in [6, 6.07) is 0. The molecule has 29 heavy (non-hydrogen) atoms. The first kappa shape index (κ1) is 26.6. The van der Waals surface area contributed by atoms with Crippen LogP contribution < -0.4 is 0 Å². The number of allylic oxidation sites excluding steroid dienone is 6. The first-order chi connectivity index (χ1) is 13.6. The Kier molecular flexibility index (Phi) is 13.3. The number of carbonyl (C=O) groups excluding carboxylic acids is 3. The van der Waals surface area contributed by atoms with E-state index in [0.717, 1.165) is 31.9 Å². The van der Waals surface area contributed by atoms with Crippen molar-refractivity contribution in [3.05, 3.63) is 47.3 Å². The largest absolute Gasteiger partial charge is 0.447 e. The Bertz CT molecular complexity index is 663. The van der Waals surface area contributed by atoms with Crippen LogP contribution >= 0.6 is 0 Å². The van der Waals surface area contributed by atoms with Gasteiger partial charge in [-0.25, -0.2) is 0 Å². The van der Waals surface area contributed by atoms with E-state index in [2.05, 4.69) is 39.8 Å². The minimum Gasteiger partial charge on any atom is -0.447 e. The van der Waals surface area contributed by atoms with Crippen LogP contribution in [0.4, 0.5) is 0 Å². The number of hydrogen-bond donors (Lipinski definition) is 0. The Morgan fingerprint density at radius 1 is 0.793 bits per heavy atom. The summed E-state index contributed by atoms with van der Waals surface area (Å²) in [6.07, 6.45) is 14.4. The van der Waals surface area contributed by atoms with Crippen LogP contribution in [-0.2, 0) is 23.9 Å². The van der Waals surface area contributed by atoms with E-state index < -0.39 is 17.5 Å². The molecule has 0 aromatic carbocycles. The summed E-state index contributed by atoms with van der Waals surface area (Å²) >= 11 is 0. The molecule has 0 unspecified atom stereocenters. The first-order valence-electron chi connectivity index (χ1n) is 10.1. The highest BCUT2D eigenvalue weighted by molar-refractivity contribution is 5.75. The third-order valence-electron chi connectivity index (χ3n) is 4.27. The number of rotatable bonds is 13. The van der Waals surface area contributed by atoms with Gasteiger partial charge in [-0.15, -0.1) is 0 Å². The fraction of sp³-hybridized carbons (Fsp3) is 0.542. The summed E-state index contributed by atoms with van der Waals surface area (Å²) in [7, 11) is 0. The molecule has 0 fully saturated rings. The Hall–Kier alpha value is -2.43. The molecule has 0 radical (unpaired) electrons. The van der Waals surface area contributed by atoms with E-state index in [0.29, 0.717) is 12.7 Å². The molecule has 0 aromatic heterocycles. The SMILES string of the molecule is CC(=O)O/C=C/[C@](C=O)(CC/C=C(\C)CC/C=C(\C)CCC=C(C)C)OC(C)=O. The fourth-order valence-corrected chi connectivity index (χ4v) is 2.69. The molecular formula is C24H36O5. The second-order valence-corrected chi connectivity index (χ2v) is 7.58. The van der Waals surface area contributed by atoms with Crippen molar-refractivity contribution in [2.45, 2.75) is 85.7 Å². The Morgan fingerprint density at radius 2 is 1.34 bits per heavy atom. The third-order valence-corrected chi connectivity index (χ3v) is 4.27. The Labute approximate surface area is 175 Å². The fourth-order valence-electron chi connectivity index (χ4n) is 2.69. The van der Waals surface area contributed by atoms with Gasteiger partial charge in [0, 0.05) is 26.3 Å². The lowest BCUT2D eigenvalue weighted by Crippen LogP contribution is -2.34. The van der Waals surface area contributed by atoms with Crippen LogP contribution in [0, 0.1) is 0 Å². The van der Waals surface area contributed by atoms with E-state index in [4.69, 9.17) is 9.47 Å². The highest BCUT2D eigenvalue weighted by Crippen LogP contribution is 2.20. The van der Waals surface area contributed by atoms with E-state index in [1.54, 1.807) is 0 Å². The summed E-state index contributed by atoms with van der Waals surface area (Å²) in [5.74, 6) is -1.08. The van der Waals surface area contributed by atoms with E-state index >= 15 is 0 Å². The standard InChI is InChI=1S/C24H36O5/c1-19(2)10-7-11-20(3)12-8-13-21(4)14-9-15-24(18-25,29-23(6)27)16-17-28-22(5)26/h10,12,14,16-18H,7-9,11,13,15H2,1-6H3/b17-16+,20-12+,21-14+/t24-/m0/s1. The summed E-state index contributed by atoms with van der Waals surface area (Å²) < 4.78 is 9.92.